The normalized spacial score (nSPS) is 14.8. The van der Waals surface area contributed by atoms with Gasteiger partial charge in [0.2, 0.25) is 15.9 Å². The standard InChI is InChI=1S/C22H29N5O4S/c1-4-23-32(30,31)21-15-17(5-10-20(21)27-13-11-26(3)12-14-27)22(29)25-19-8-6-18(7-9-19)24-16(2)28/h5-10,15,23H,4,11-14H2,1-3H3,(H,24,28)(H,25,29). The molecule has 3 rings (SSSR count). The van der Waals surface area contributed by atoms with Crippen LogP contribution in [-0.2, 0) is 14.8 Å². The average molecular weight is 460 g/mol. The molecule has 1 heterocycles. The van der Waals surface area contributed by atoms with Gasteiger partial charge in [0.15, 0.2) is 0 Å². The van der Waals surface area contributed by atoms with Gasteiger partial charge in [-0.1, -0.05) is 6.92 Å². The molecular weight excluding hydrogens is 430 g/mol. The van der Waals surface area contributed by atoms with E-state index in [0.717, 1.165) is 13.1 Å². The molecule has 0 unspecified atom stereocenters. The smallest absolute Gasteiger partial charge is 0.255 e. The first-order valence-corrected chi connectivity index (χ1v) is 11.9. The molecule has 0 spiro atoms. The number of anilines is 3. The number of nitrogens with one attached hydrogen (secondary N) is 3. The van der Waals surface area contributed by atoms with Crippen LogP contribution < -0.4 is 20.3 Å². The first-order valence-electron chi connectivity index (χ1n) is 10.5. The summed E-state index contributed by atoms with van der Waals surface area (Å²) in [4.78, 5) is 28.3. The van der Waals surface area contributed by atoms with Gasteiger partial charge < -0.3 is 20.4 Å². The minimum atomic E-state index is -3.78. The lowest BCUT2D eigenvalue weighted by Gasteiger charge is -2.35. The Labute approximate surface area is 188 Å². The number of amides is 2. The van der Waals surface area contributed by atoms with E-state index in [1.54, 1.807) is 43.3 Å². The van der Waals surface area contributed by atoms with Gasteiger partial charge >= 0.3 is 0 Å². The summed E-state index contributed by atoms with van der Waals surface area (Å²) in [6.07, 6.45) is 0. The molecule has 1 saturated heterocycles. The molecule has 2 aromatic rings. The van der Waals surface area contributed by atoms with Gasteiger partial charge in [-0.3, -0.25) is 9.59 Å². The van der Waals surface area contributed by atoms with E-state index in [0.29, 0.717) is 30.2 Å². The number of hydrogen-bond donors (Lipinski definition) is 3. The second-order valence-electron chi connectivity index (χ2n) is 7.69. The summed E-state index contributed by atoms with van der Waals surface area (Å²) in [6, 6.07) is 11.4. The van der Waals surface area contributed by atoms with Gasteiger partial charge in [-0.25, -0.2) is 13.1 Å². The van der Waals surface area contributed by atoms with Gasteiger partial charge in [-0.05, 0) is 49.5 Å². The zero-order chi connectivity index (χ0) is 23.3. The molecule has 2 aromatic carbocycles. The highest BCUT2D eigenvalue weighted by Crippen LogP contribution is 2.28. The fourth-order valence-electron chi connectivity index (χ4n) is 3.49. The van der Waals surface area contributed by atoms with E-state index in [9.17, 15) is 18.0 Å². The minimum absolute atomic E-state index is 0.0950. The Hall–Kier alpha value is -2.95. The van der Waals surface area contributed by atoms with E-state index in [1.807, 2.05) is 11.9 Å². The fraction of sp³-hybridized carbons (Fsp3) is 0.364. The van der Waals surface area contributed by atoms with Gasteiger partial charge in [0.25, 0.3) is 5.91 Å². The topological polar surface area (TPSA) is 111 Å². The Kier molecular flexibility index (Phi) is 7.49. The summed E-state index contributed by atoms with van der Waals surface area (Å²) in [5, 5.41) is 5.43. The van der Waals surface area contributed by atoms with Crippen LogP contribution in [0.4, 0.5) is 17.1 Å². The molecule has 0 aliphatic carbocycles. The predicted molar refractivity (Wildman–Crippen MR) is 126 cm³/mol. The van der Waals surface area contributed by atoms with Crippen molar-refractivity contribution >= 4 is 38.9 Å². The largest absolute Gasteiger partial charge is 0.368 e. The zero-order valence-electron chi connectivity index (χ0n) is 18.5. The summed E-state index contributed by atoms with van der Waals surface area (Å²) in [6.45, 7) is 6.46. The molecule has 0 saturated carbocycles. The third kappa shape index (κ3) is 5.84. The highest BCUT2D eigenvalue weighted by atomic mass is 32.2. The Morgan fingerprint density at radius 2 is 1.53 bits per heavy atom. The van der Waals surface area contributed by atoms with E-state index in [4.69, 9.17) is 0 Å². The maximum atomic E-state index is 12.9. The summed E-state index contributed by atoms with van der Waals surface area (Å²) in [5.74, 6) is -0.605. The van der Waals surface area contributed by atoms with Gasteiger partial charge in [-0.15, -0.1) is 0 Å². The number of benzene rings is 2. The summed E-state index contributed by atoms with van der Waals surface area (Å²) < 4.78 is 28.3. The molecule has 32 heavy (non-hydrogen) atoms. The van der Waals surface area contributed by atoms with Crippen molar-refractivity contribution in [2.75, 3.05) is 55.3 Å². The summed E-state index contributed by atoms with van der Waals surface area (Å²) >= 11 is 0. The molecule has 1 aliphatic rings. The Morgan fingerprint density at radius 3 is 2.09 bits per heavy atom. The molecule has 0 radical (unpaired) electrons. The third-order valence-electron chi connectivity index (χ3n) is 5.15. The molecule has 10 heteroatoms. The molecule has 2 amide bonds. The van der Waals surface area contributed by atoms with Gasteiger partial charge in [0, 0.05) is 56.6 Å². The van der Waals surface area contributed by atoms with E-state index in [2.05, 4.69) is 20.3 Å². The van der Waals surface area contributed by atoms with Gasteiger partial charge in [0.05, 0.1) is 5.69 Å². The number of sulfonamides is 1. The van der Waals surface area contributed by atoms with Crippen LogP contribution in [0.25, 0.3) is 0 Å². The summed E-state index contributed by atoms with van der Waals surface area (Å²) in [7, 11) is -1.74. The molecule has 0 atom stereocenters. The van der Waals surface area contributed by atoms with Crippen molar-refractivity contribution in [3.05, 3.63) is 48.0 Å². The summed E-state index contributed by atoms with van der Waals surface area (Å²) in [5.41, 5.74) is 1.98. The SMILES string of the molecule is CCNS(=O)(=O)c1cc(C(=O)Nc2ccc(NC(C)=O)cc2)ccc1N1CCN(C)CC1. The van der Waals surface area contributed by atoms with Gasteiger partial charge in [-0.2, -0.15) is 0 Å². The lowest BCUT2D eigenvalue weighted by Crippen LogP contribution is -2.45. The molecule has 172 valence electrons. The third-order valence-corrected chi connectivity index (χ3v) is 6.73. The molecule has 0 bridgehead atoms. The van der Waals surface area contributed by atoms with E-state index < -0.39 is 15.9 Å². The van der Waals surface area contributed by atoms with Crippen molar-refractivity contribution in [3.63, 3.8) is 0 Å². The molecule has 1 aliphatic heterocycles. The number of nitrogens with zero attached hydrogens (tertiary/aromatic N) is 2. The molecule has 9 nitrogen and oxygen atoms in total. The second-order valence-corrected chi connectivity index (χ2v) is 9.42. The van der Waals surface area contributed by atoms with Crippen LogP contribution in [0.2, 0.25) is 0 Å². The highest BCUT2D eigenvalue weighted by Gasteiger charge is 2.25. The van der Waals surface area contributed by atoms with Crippen LogP contribution in [0.1, 0.15) is 24.2 Å². The molecular formula is C22H29N5O4S. The Bertz CT molecular complexity index is 1080. The quantitative estimate of drug-likeness (QED) is 0.584. The first kappa shape index (κ1) is 23.7. The van der Waals surface area contributed by atoms with Crippen LogP contribution in [0.15, 0.2) is 47.4 Å². The van der Waals surface area contributed by atoms with E-state index >= 15 is 0 Å². The Morgan fingerprint density at radius 1 is 0.938 bits per heavy atom. The number of rotatable bonds is 7. The molecule has 1 fully saturated rings. The first-order chi connectivity index (χ1) is 15.2. The lowest BCUT2D eigenvalue weighted by atomic mass is 10.1. The second kappa shape index (κ2) is 10.1. The van der Waals surface area contributed by atoms with Crippen molar-refractivity contribution in [2.45, 2.75) is 18.7 Å². The minimum Gasteiger partial charge on any atom is -0.368 e. The van der Waals surface area contributed by atoms with E-state index in [-0.39, 0.29) is 22.9 Å². The number of hydrogen-bond acceptors (Lipinski definition) is 6. The maximum absolute atomic E-state index is 12.9. The number of likely N-dealkylation sites (N-methyl/N-ethyl adjacent to an activating group) is 1. The van der Waals surface area contributed by atoms with Gasteiger partial charge in [0.1, 0.15) is 4.90 Å². The number of piperazine rings is 1. The van der Waals surface area contributed by atoms with Crippen molar-refractivity contribution in [1.29, 1.82) is 0 Å². The molecule has 0 aromatic heterocycles. The Balaban J connectivity index is 1.86. The van der Waals surface area contributed by atoms with Crippen LogP contribution in [0, 0.1) is 0 Å². The maximum Gasteiger partial charge on any atom is 0.255 e. The van der Waals surface area contributed by atoms with Crippen LogP contribution in [0.3, 0.4) is 0 Å². The highest BCUT2D eigenvalue weighted by molar-refractivity contribution is 7.89. The van der Waals surface area contributed by atoms with E-state index in [1.165, 1.54) is 13.0 Å². The lowest BCUT2D eigenvalue weighted by molar-refractivity contribution is -0.114. The van der Waals surface area contributed by atoms with Crippen LogP contribution in [0.5, 0.6) is 0 Å². The van der Waals surface area contributed by atoms with Crippen molar-refractivity contribution in [2.24, 2.45) is 0 Å². The predicted octanol–water partition coefficient (Wildman–Crippen LogP) is 1.95. The van der Waals surface area contributed by atoms with Crippen molar-refractivity contribution in [3.8, 4) is 0 Å². The molecule has 3 N–H and O–H groups in total. The number of carbonyl (C=O) groups is 2. The van der Waals surface area contributed by atoms with Crippen LogP contribution >= 0.6 is 0 Å². The average Bonchev–Trinajstić information content (AvgIpc) is 2.75. The monoisotopic (exact) mass is 459 g/mol. The van der Waals surface area contributed by atoms with Crippen molar-refractivity contribution < 1.29 is 18.0 Å². The number of carbonyl (C=O) groups excluding carboxylic acids is 2. The zero-order valence-corrected chi connectivity index (χ0v) is 19.3. The fourth-order valence-corrected chi connectivity index (χ4v) is 4.78. The van der Waals surface area contributed by atoms with Crippen molar-refractivity contribution in [1.82, 2.24) is 9.62 Å². The van der Waals surface area contributed by atoms with Crippen LogP contribution in [-0.4, -0.2) is 64.9 Å².